The molecule has 0 bridgehead atoms. The number of likely N-dealkylation sites (N-methyl/N-ethyl adjacent to an activating group) is 1. The third-order valence-electron chi connectivity index (χ3n) is 3.34. The summed E-state index contributed by atoms with van der Waals surface area (Å²) >= 11 is 0. The first-order valence-corrected chi connectivity index (χ1v) is 6.52. The van der Waals surface area contributed by atoms with Crippen LogP contribution in [0, 0.1) is 0 Å². The van der Waals surface area contributed by atoms with E-state index in [-0.39, 0.29) is 11.8 Å². The van der Waals surface area contributed by atoms with Crippen LogP contribution in [-0.4, -0.2) is 12.2 Å². The molecule has 1 unspecified atom stereocenters. The fourth-order valence-electron chi connectivity index (χ4n) is 2.19. The van der Waals surface area contributed by atoms with Gasteiger partial charge in [-0.2, -0.15) is 13.2 Å². The number of halogens is 3. The van der Waals surface area contributed by atoms with Crippen molar-refractivity contribution in [3.63, 3.8) is 0 Å². The maximum absolute atomic E-state index is 12.8. The summed E-state index contributed by atoms with van der Waals surface area (Å²) in [6.07, 6.45) is -3.80. The second-order valence-electron chi connectivity index (χ2n) is 4.84. The second-order valence-corrected chi connectivity index (χ2v) is 4.84. The summed E-state index contributed by atoms with van der Waals surface area (Å²) in [5.41, 5.74) is 0.871. The molecule has 2 nitrogen and oxygen atoms in total. The molecule has 0 aliphatic carbocycles. The van der Waals surface area contributed by atoms with E-state index >= 15 is 0 Å². The van der Waals surface area contributed by atoms with Gasteiger partial charge in [-0.05, 0) is 48.9 Å². The number of alkyl halides is 3. The van der Waals surface area contributed by atoms with Gasteiger partial charge in [0.05, 0.1) is 5.56 Å². The molecule has 0 radical (unpaired) electrons. The summed E-state index contributed by atoms with van der Waals surface area (Å²) in [5, 5.41) is 12.3. The normalized spacial score (nSPS) is 13.1. The van der Waals surface area contributed by atoms with E-state index in [1.165, 1.54) is 12.1 Å². The van der Waals surface area contributed by atoms with Gasteiger partial charge in [-0.3, -0.25) is 0 Å². The van der Waals surface area contributed by atoms with Crippen LogP contribution in [0.5, 0.6) is 5.75 Å². The van der Waals surface area contributed by atoms with Gasteiger partial charge in [-0.25, -0.2) is 0 Å². The van der Waals surface area contributed by atoms with Crippen LogP contribution in [0.25, 0.3) is 0 Å². The minimum atomic E-state index is -4.34. The maximum atomic E-state index is 12.8. The van der Waals surface area contributed by atoms with E-state index < -0.39 is 11.7 Å². The Morgan fingerprint density at radius 1 is 1.10 bits per heavy atom. The lowest BCUT2D eigenvalue weighted by atomic mass is 9.97. The van der Waals surface area contributed by atoms with E-state index in [4.69, 9.17) is 0 Å². The Kier molecular flexibility index (Phi) is 4.53. The Labute approximate surface area is 121 Å². The molecule has 2 rings (SSSR count). The highest BCUT2D eigenvalue weighted by Gasteiger charge is 2.30. The number of phenols is 1. The molecule has 1 atom stereocenters. The van der Waals surface area contributed by atoms with Gasteiger partial charge in [-0.15, -0.1) is 0 Å². The maximum Gasteiger partial charge on any atom is 0.416 e. The summed E-state index contributed by atoms with van der Waals surface area (Å²) in [6.45, 7) is 0. The molecule has 0 heterocycles. The molecule has 0 saturated heterocycles. The van der Waals surface area contributed by atoms with Crippen LogP contribution in [0.1, 0.15) is 22.7 Å². The van der Waals surface area contributed by atoms with Crippen molar-refractivity contribution in [1.29, 1.82) is 0 Å². The van der Waals surface area contributed by atoms with Gasteiger partial charge in [0, 0.05) is 6.04 Å². The van der Waals surface area contributed by atoms with Gasteiger partial charge in [0.15, 0.2) is 0 Å². The minimum absolute atomic E-state index is 0.166. The first kappa shape index (κ1) is 15.4. The van der Waals surface area contributed by atoms with Crippen LogP contribution in [-0.2, 0) is 12.6 Å². The molecule has 112 valence electrons. The van der Waals surface area contributed by atoms with E-state index in [2.05, 4.69) is 5.32 Å². The van der Waals surface area contributed by atoms with Gasteiger partial charge >= 0.3 is 6.18 Å². The summed E-state index contributed by atoms with van der Waals surface area (Å²) in [6, 6.07) is 11.7. The Morgan fingerprint density at radius 3 is 2.33 bits per heavy atom. The molecule has 2 N–H and O–H groups in total. The van der Waals surface area contributed by atoms with Crippen LogP contribution in [0.2, 0.25) is 0 Å². The SMILES string of the molecule is CNC(Cc1ccc(O)cc1)c1cccc(C(F)(F)F)c1. The molecule has 2 aromatic rings. The van der Waals surface area contributed by atoms with Crippen molar-refractivity contribution < 1.29 is 18.3 Å². The average Bonchev–Trinajstić information content (AvgIpc) is 2.46. The smallest absolute Gasteiger partial charge is 0.416 e. The number of nitrogens with one attached hydrogen (secondary N) is 1. The van der Waals surface area contributed by atoms with Crippen molar-refractivity contribution in [1.82, 2.24) is 5.32 Å². The van der Waals surface area contributed by atoms with Crippen LogP contribution in [0.4, 0.5) is 13.2 Å². The first-order valence-electron chi connectivity index (χ1n) is 6.52. The number of benzene rings is 2. The topological polar surface area (TPSA) is 32.3 Å². The van der Waals surface area contributed by atoms with Crippen molar-refractivity contribution in [2.75, 3.05) is 7.05 Å². The molecule has 0 aliphatic heterocycles. The van der Waals surface area contributed by atoms with Gasteiger partial charge < -0.3 is 10.4 Å². The molecule has 0 aromatic heterocycles. The highest BCUT2D eigenvalue weighted by Crippen LogP contribution is 2.31. The molecule has 2 aromatic carbocycles. The second kappa shape index (κ2) is 6.18. The monoisotopic (exact) mass is 295 g/mol. The molecule has 0 spiro atoms. The minimum Gasteiger partial charge on any atom is -0.508 e. The van der Waals surface area contributed by atoms with Crippen LogP contribution in [0.15, 0.2) is 48.5 Å². The summed E-state index contributed by atoms with van der Waals surface area (Å²) < 4.78 is 38.3. The number of rotatable bonds is 4. The zero-order chi connectivity index (χ0) is 15.5. The fourth-order valence-corrected chi connectivity index (χ4v) is 2.19. The number of hydrogen-bond acceptors (Lipinski definition) is 2. The lowest BCUT2D eigenvalue weighted by Gasteiger charge is -2.18. The Morgan fingerprint density at radius 2 is 1.76 bits per heavy atom. The van der Waals surface area contributed by atoms with Crippen molar-refractivity contribution in [2.24, 2.45) is 0 Å². The number of hydrogen-bond donors (Lipinski definition) is 2. The van der Waals surface area contributed by atoms with Crippen LogP contribution < -0.4 is 5.32 Å². The predicted octanol–water partition coefficient (Wildman–Crippen LogP) is 3.91. The quantitative estimate of drug-likeness (QED) is 0.896. The molecule has 0 aliphatic rings. The fraction of sp³-hybridized carbons (Fsp3) is 0.250. The van der Waals surface area contributed by atoms with E-state index in [1.807, 2.05) is 0 Å². The summed E-state index contributed by atoms with van der Waals surface area (Å²) in [7, 11) is 1.71. The molecule has 21 heavy (non-hydrogen) atoms. The standard InChI is InChI=1S/C16H16F3NO/c1-20-15(9-11-5-7-14(21)8-6-11)12-3-2-4-13(10-12)16(17,18)19/h2-8,10,15,20-21H,9H2,1H3. The first-order chi connectivity index (χ1) is 9.90. The lowest BCUT2D eigenvalue weighted by Crippen LogP contribution is -2.19. The van der Waals surface area contributed by atoms with E-state index in [0.717, 1.165) is 11.6 Å². The van der Waals surface area contributed by atoms with Gasteiger partial charge in [0.25, 0.3) is 0 Å². The molecular formula is C16H16F3NO. The lowest BCUT2D eigenvalue weighted by molar-refractivity contribution is -0.137. The van der Waals surface area contributed by atoms with Crippen LogP contribution >= 0.6 is 0 Å². The van der Waals surface area contributed by atoms with E-state index in [9.17, 15) is 18.3 Å². The van der Waals surface area contributed by atoms with Crippen molar-refractivity contribution in [3.8, 4) is 5.75 Å². The van der Waals surface area contributed by atoms with Crippen molar-refractivity contribution >= 4 is 0 Å². The Balaban J connectivity index is 2.23. The van der Waals surface area contributed by atoms with Crippen molar-refractivity contribution in [3.05, 3.63) is 65.2 Å². The average molecular weight is 295 g/mol. The Bertz CT molecular complexity index is 593. The zero-order valence-corrected chi connectivity index (χ0v) is 11.5. The third-order valence-corrected chi connectivity index (χ3v) is 3.34. The van der Waals surface area contributed by atoms with Gasteiger partial charge in [-0.1, -0.05) is 24.3 Å². The molecule has 5 heteroatoms. The molecular weight excluding hydrogens is 279 g/mol. The van der Waals surface area contributed by atoms with Gasteiger partial charge in [0.1, 0.15) is 5.75 Å². The molecule has 0 fully saturated rings. The van der Waals surface area contributed by atoms with Gasteiger partial charge in [0.2, 0.25) is 0 Å². The molecule has 0 saturated carbocycles. The zero-order valence-electron chi connectivity index (χ0n) is 11.5. The highest BCUT2D eigenvalue weighted by molar-refractivity contribution is 5.31. The largest absolute Gasteiger partial charge is 0.508 e. The number of aromatic hydroxyl groups is 1. The third kappa shape index (κ3) is 3.98. The van der Waals surface area contributed by atoms with Crippen molar-refractivity contribution in [2.45, 2.75) is 18.6 Å². The summed E-state index contributed by atoms with van der Waals surface area (Å²) in [4.78, 5) is 0. The van der Waals surface area contributed by atoms with Crippen LogP contribution in [0.3, 0.4) is 0 Å². The number of phenolic OH excluding ortho intramolecular Hbond substituents is 1. The highest BCUT2D eigenvalue weighted by atomic mass is 19.4. The summed E-state index contributed by atoms with van der Waals surface area (Å²) in [5.74, 6) is 0.166. The predicted molar refractivity (Wildman–Crippen MR) is 75.1 cm³/mol. The van der Waals surface area contributed by atoms with E-state index in [1.54, 1.807) is 37.4 Å². The Hall–Kier alpha value is -2.01. The molecule has 0 amide bonds. The van der Waals surface area contributed by atoms with E-state index in [0.29, 0.717) is 12.0 Å².